The van der Waals surface area contributed by atoms with E-state index in [9.17, 15) is 14.7 Å². The summed E-state index contributed by atoms with van der Waals surface area (Å²) in [4.78, 5) is 29.8. The molecule has 0 bridgehead atoms. The van der Waals surface area contributed by atoms with E-state index < -0.39 is 17.7 Å². The Kier molecular flexibility index (Phi) is 8.48. The van der Waals surface area contributed by atoms with Crippen molar-refractivity contribution in [3.8, 4) is 5.75 Å². The van der Waals surface area contributed by atoms with Gasteiger partial charge < -0.3 is 24.4 Å². The van der Waals surface area contributed by atoms with E-state index in [0.717, 1.165) is 22.4 Å². The van der Waals surface area contributed by atoms with Gasteiger partial charge in [0.25, 0.3) is 11.7 Å². The summed E-state index contributed by atoms with van der Waals surface area (Å²) < 4.78 is 11.0. The van der Waals surface area contributed by atoms with E-state index in [1.54, 1.807) is 31.4 Å². The zero-order valence-electron chi connectivity index (χ0n) is 22.3. The Bertz CT molecular complexity index is 1310. The summed E-state index contributed by atoms with van der Waals surface area (Å²) in [6.45, 7) is 3.25. The van der Waals surface area contributed by atoms with Crippen molar-refractivity contribution in [2.45, 2.75) is 26.0 Å². The first-order chi connectivity index (χ1) is 18.3. The molecule has 1 N–H and O–H groups in total. The van der Waals surface area contributed by atoms with Gasteiger partial charge in [-0.2, -0.15) is 0 Å². The first-order valence-corrected chi connectivity index (χ1v) is 12.6. The van der Waals surface area contributed by atoms with E-state index in [0.29, 0.717) is 37.5 Å². The number of ether oxygens (including phenoxy) is 2. The van der Waals surface area contributed by atoms with Crippen LogP contribution in [0.1, 0.15) is 34.7 Å². The van der Waals surface area contributed by atoms with Crippen molar-refractivity contribution in [3.05, 3.63) is 101 Å². The highest BCUT2D eigenvalue weighted by atomic mass is 16.5. The molecular formula is C31H34N2O5. The van der Waals surface area contributed by atoms with Gasteiger partial charge in [0.1, 0.15) is 18.1 Å². The Morgan fingerprint density at radius 1 is 1.00 bits per heavy atom. The summed E-state index contributed by atoms with van der Waals surface area (Å²) in [6.07, 6.45) is 0.572. The van der Waals surface area contributed by atoms with Gasteiger partial charge in [-0.15, -0.1) is 0 Å². The predicted molar refractivity (Wildman–Crippen MR) is 148 cm³/mol. The Balaban J connectivity index is 1.64. The molecule has 1 fully saturated rings. The second kappa shape index (κ2) is 12.0. The highest BCUT2D eigenvalue weighted by Gasteiger charge is 2.45. The molecule has 0 spiro atoms. The van der Waals surface area contributed by atoms with Crippen molar-refractivity contribution in [1.82, 2.24) is 4.90 Å². The summed E-state index contributed by atoms with van der Waals surface area (Å²) >= 11 is 0. The third-order valence-corrected chi connectivity index (χ3v) is 6.63. The standard InChI is InChI=1S/C31H34N2O5/c1-21-7-5-8-22(19-21)20-38-26-15-11-24(12-16-26)29(34)27-28(23-9-13-25(14-10-23)32(2)3)33(17-6-18-37-4)31(36)30(27)35/h5,7-16,19,28,34H,6,17-18,20H2,1-4H3/b29-27+/t28-/m1/s1. The number of aryl methyl sites for hydroxylation is 1. The zero-order valence-corrected chi connectivity index (χ0v) is 22.3. The summed E-state index contributed by atoms with van der Waals surface area (Å²) in [5.74, 6) is -0.882. The quantitative estimate of drug-likeness (QED) is 0.176. The molecule has 1 atom stereocenters. The lowest BCUT2D eigenvalue weighted by Crippen LogP contribution is -2.31. The number of amides is 1. The number of likely N-dealkylation sites (tertiary alicyclic amines) is 1. The Morgan fingerprint density at radius 3 is 2.34 bits per heavy atom. The number of aliphatic hydroxyl groups excluding tert-OH is 1. The molecule has 0 radical (unpaired) electrons. The van der Waals surface area contributed by atoms with Crippen LogP contribution in [0.4, 0.5) is 5.69 Å². The van der Waals surface area contributed by atoms with Crippen molar-refractivity contribution in [3.63, 3.8) is 0 Å². The van der Waals surface area contributed by atoms with Crippen LogP contribution in [-0.4, -0.2) is 56.1 Å². The fraction of sp³-hybridized carbons (Fsp3) is 0.290. The van der Waals surface area contributed by atoms with Crippen molar-refractivity contribution < 1.29 is 24.2 Å². The summed E-state index contributed by atoms with van der Waals surface area (Å²) in [5, 5.41) is 11.3. The number of carbonyl (C=O) groups excluding carboxylic acids is 2. The minimum Gasteiger partial charge on any atom is -0.507 e. The van der Waals surface area contributed by atoms with E-state index in [1.807, 2.05) is 68.4 Å². The monoisotopic (exact) mass is 514 g/mol. The number of aliphatic hydroxyl groups is 1. The van der Waals surface area contributed by atoms with Crippen molar-refractivity contribution in [2.75, 3.05) is 39.3 Å². The molecule has 38 heavy (non-hydrogen) atoms. The fourth-order valence-corrected chi connectivity index (χ4v) is 4.62. The molecule has 7 nitrogen and oxygen atoms in total. The fourth-order valence-electron chi connectivity index (χ4n) is 4.62. The van der Waals surface area contributed by atoms with Gasteiger partial charge in [0.05, 0.1) is 11.6 Å². The second-order valence-corrected chi connectivity index (χ2v) is 9.63. The maximum absolute atomic E-state index is 13.2. The SMILES string of the molecule is COCCCN1C(=O)C(=O)/C(=C(/O)c2ccc(OCc3cccc(C)c3)cc2)[C@H]1c1ccc(N(C)C)cc1. The van der Waals surface area contributed by atoms with Gasteiger partial charge in [-0.25, -0.2) is 0 Å². The van der Waals surface area contributed by atoms with Gasteiger partial charge in [0, 0.05) is 45.6 Å². The van der Waals surface area contributed by atoms with E-state index in [1.165, 1.54) is 4.90 Å². The number of methoxy groups -OCH3 is 1. The first kappa shape index (κ1) is 26.9. The molecule has 0 aliphatic carbocycles. The summed E-state index contributed by atoms with van der Waals surface area (Å²) in [7, 11) is 5.49. The maximum Gasteiger partial charge on any atom is 0.295 e. The highest BCUT2D eigenvalue weighted by molar-refractivity contribution is 6.46. The second-order valence-electron chi connectivity index (χ2n) is 9.63. The van der Waals surface area contributed by atoms with Gasteiger partial charge in [0.2, 0.25) is 0 Å². The van der Waals surface area contributed by atoms with Crippen LogP contribution in [0.25, 0.3) is 5.76 Å². The summed E-state index contributed by atoms with van der Waals surface area (Å²) in [6, 6.07) is 22.0. The van der Waals surface area contributed by atoms with Crippen LogP contribution in [0, 0.1) is 6.92 Å². The van der Waals surface area contributed by atoms with Crippen LogP contribution in [0.5, 0.6) is 5.75 Å². The number of hydrogen-bond donors (Lipinski definition) is 1. The Labute approximate surface area is 223 Å². The molecule has 3 aromatic rings. The number of nitrogens with zero attached hydrogens (tertiary/aromatic N) is 2. The molecule has 0 aromatic heterocycles. The number of Topliss-reactive ketones (excluding diaryl/α,β-unsaturated/α-hetero) is 1. The molecule has 4 rings (SSSR count). The lowest BCUT2D eigenvalue weighted by Gasteiger charge is -2.26. The topological polar surface area (TPSA) is 79.3 Å². The van der Waals surface area contributed by atoms with E-state index in [-0.39, 0.29) is 11.3 Å². The number of anilines is 1. The number of carbonyl (C=O) groups is 2. The van der Waals surface area contributed by atoms with Gasteiger partial charge in [0.15, 0.2) is 0 Å². The van der Waals surface area contributed by atoms with E-state index >= 15 is 0 Å². The average molecular weight is 515 g/mol. The molecule has 0 saturated carbocycles. The third-order valence-electron chi connectivity index (χ3n) is 6.63. The number of ketones is 1. The van der Waals surface area contributed by atoms with Crippen LogP contribution in [0.15, 0.2) is 78.4 Å². The molecule has 1 saturated heterocycles. The molecule has 0 unspecified atom stereocenters. The lowest BCUT2D eigenvalue weighted by atomic mass is 9.95. The Morgan fingerprint density at radius 2 is 1.71 bits per heavy atom. The predicted octanol–water partition coefficient (Wildman–Crippen LogP) is 5.10. The van der Waals surface area contributed by atoms with E-state index in [2.05, 4.69) is 6.07 Å². The molecule has 1 amide bonds. The molecule has 7 heteroatoms. The van der Waals surface area contributed by atoms with Gasteiger partial charge in [-0.05, 0) is 60.9 Å². The average Bonchev–Trinajstić information content (AvgIpc) is 3.17. The number of hydrogen-bond acceptors (Lipinski definition) is 6. The highest BCUT2D eigenvalue weighted by Crippen LogP contribution is 2.40. The number of rotatable bonds is 10. The molecule has 198 valence electrons. The number of benzene rings is 3. The van der Waals surface area contributed by atoms with Crippen LogP contribution < -0.4 is 9.64 Å². The van der Waals surface area contributed by atoms with Gasteiger partial charge >= 0.3 is 0 Å². The largest absolute Gasteiger partial charge is 0.507 e. The van der Waals surface area contributed by atoms with Crippen molar-refractivity contribution in [1.29, 1.82) is 0 Å². The van der Waals surface area contributed by atoms with Crippen LogP contribution in [-0.2, 0) is 20.9 Å². The molecule has 1 aliphatic rings. The smallest absolute Gasteiger partial charge is 0.295 e. The minimum absolute atomic E-state index is 0.0819. The maximum atomic E-state index is 13.2. The summed E-state index contributed by atoms with van der Waals surface area (Å²) in [5.41, 5.74) is 4.50. The molecule has 1 heterocycles. The van der Waals surface area contributed by atoms with E-state index in [4.69, 9.17) is 9.47 Å². The van der Waals surface area contributed by atoms with Gasteiger partial charge in [-0.1, -0.05) is 42.0 Å². The first-order valence-electron chi connectivity index (χ1n) is 12.6. The van der Waals surface area contributed by atoms with Crippen molar-refractivity contribution >= 4 is 23.1 Å². The van der Waals surface area contributed by atoms with Crippen LogP contribution in [0.2, 0.25) is 0 Å². The van der Waals surface area contributed by atoms with Crippen LogP contribution in [0.3, 0.4) is 0 Å². The third kappa shape index (κ3) is 5.89. The normalized spacial score (nSPS) is 16.6. The van der Waals surface area contributed by atoms with Gasteiger partial charge in [-0.3, -0.25) is 9.59 Å². The van der Waals surface area contributed by atoms with Crippen molar-refractivity contribution in [2.24, 2.45) is 0 Å². The molecule has 1 aliphatic heterocycles. The molecular weight excluding hydrogens is 480 g/mol. The minimum atomic E-state index is -0.694. The Hall–Kier alpha value is -4.10. The van der Waals surface area contributed by atoms with Crippen LogP contribution >= 0.6 is 0 Å². The molecule has 3 aromatic carbocycles. The zero-order chi connectivity index (χ0) is 27.2. The lowest BCUT2D eigenvalue weighted by molar-refractivity contribution is -0.140.